The summed E-state index contributed by atoms with van der Waals surface area (Å²) in [6.07, 6.45) is -3.46. The second kappa shape index (κ2) is 4.26. The third kappa shape index (κ3) is 2.05. The van der Waals surface area contributed by atoms with Gasteiger partial charge < -0.3 is 9.84 Å². The number of benzene rings is 1. The van der Waals surface area contributed by atoms with Gasteiger partial charge in [0.25, 0.3) is 0 Å². The SMILES string of the molecule is O=C(O)C1=Cc2cc3c(cc2OC1C(F)(F)F)CCC3. The molecule has 1 aliphatic carbocycles. The molecule has 3 rings (SSSR count). The van der Waals surface area contributed by atoms with Gasteiger partial charge in [-0.05, 0) is 48.6 Å². The van der Waals surface area contributed by atoms with E-state index in [4.69, 9.17) is 9.84 Å². The van der Waals surface area contributed by atoms with Gasteiger partial charge in [0.05, 0.1) is 5.57 Å². The summed E-state index contributed by atoms with van der Waals surface area (Å²) in [5, 5.41) is 8.94. The van der Waals surface area contributed by atoms with E-state index in [0.29, 0.717) is 5.56 Å². The van der Waals surface area contributed by atoms with Crippen molar-refractivity contribution in [2.45, 2.75) is 31.5 Å². The normalized spacial score (nSPS) is 20.8. The van der Waals surface area contributed by atoms with Gasteiger partial charge in [-0.15, -0.1) is 0 Å². The van der Waals surface area contributed by atoms with Crippen LogP contribution < -0.4 is 4.74 Å². The van der Waals surface area contributed by atoms with E-state index >= 15 is 0 Å². The number of hydrogen-bond acceptors (Lipinski definition) is 2. The summed E-state index contributed by atoms with van der Waals surface area (Å²) in [7, 11) is 0. The van der Waals surface area contributed by atoms with E-state index < -0.39 is 23.8 Å². The number of aryl methyl sites for hydroxylation is 2. The molecule has 1 atom stereocenters. The molecule has 6 heteroatoms. The molecule has 0 saturated heterocycles. The molecule has 3 nitrogen and oxygen atoms in total. The van der Waals surface area contributed by atoms with Crippen LogP contribution in [-0.4, -0.2) is 23.4 Å². The number of carboxylic acids is 1. The first-order valence-electron chi connectivity index (χ1n) is 6.20. The van der Waals surface area contributed by atoms with E-state index in [9.17, 15) is 18.0 Å². The lowest BCUT2D eigenvalue weighted by atomic mass is 9.98. The monoisotopic (exact) mass is 284 g/mol. The van der Waals surface area contributed by atoms with Crippen LogP contribution in [0.3, 0.4) is 0 Å². The van der Waals surface area contributed by atoms with Crippen LogP contribution >= 0.6 is 0 Å². The average molecular weight is 284 g/mol. The first-order chi connectivity index (χ1) is 9.36. The third-order valence-corrected chi connectivity index (χ3v) is 3.61. The molecule has 0 fully saturated rings. The van der Waals surface area contributed by atoms with Crippen molar-refractivity contribution in [3.05, 3.63) is 34.4 Å². The van der Waals surface area contributed by atoms with Crippen molar-refractivity contribution in [1.82, 2.24) is 0 Å². The van der Waals surface area contributed by atoms with Gasteiger partial charge >= 0.3 is 12.1 Å². The summed E-state index contributed by atoms with van der Waals surface area (Å²) < 4.78 is 43.6. The van der Waals surface area contributed by atoms with Crippen LogP contribution in [0.2, 0.25) is 0 Å². The largest absolute Gasteiger partial charge is 0.478 e. The number of hydrogen-bond donors (Lipinski definition) is 1. The van der Waals surface area contributed by atoms with Crippen LogP contribution in [0.5, 0.6) is 5.75 Å². The Hall–Kier alpha value is -1.98. The molecule has 1 aromatic rings. The molecular formula is C14H11F3O3. The molecule has 20 heavy (non-hydrogen) atoms. The van der Waals surface area contributed by atoms with E-state index in [1.165, 1.54) is 0 Å². The van der Waals surface area contributed by atoms with E-state index in [1.54, 1.807) is 12.1 Å². The maximum absolute atomic E-state index is 12.9. The van der Waals surface area contributed by atoms with Crippen molar-refractivity contribution in [2.75, 3.05) is 0 Å². The molecule has 0 spiro atoms. The van der Waals surface area contributed by atoms with E-state index in [2.05, 4.69) is 0 Å². The Balaban J connectivity index is 2.10. The number of carbonyl (C=O) groups is 1. The highest BCUT2D eigenvalue weighted by Crippen LogP contribution is 2.39. The number of alkyl halides is 3. The summed E-state index contributed by atoms with van der Waals surface area (Å²) in [6.45, 7) is 0. The Morgan fingerprint density at radius 1 is 1.25 bits per heavy atom. The Morgan fingerprint density at radius 2 is 1.90 bits per heavy atom. The lowest BCUT2D eigenvalue weighted by molar-refractivity contribution is -0.187. The summed E-state index contributed by atoms with van der Waals surface area (Å²) in [5.74, 6) is -1.50. The summed E-state index contributed by atoms with van der Waals surface area (Å²) >= 11 is 0. The van der Waals surface area contributed by atoms with E-state index in [-0.39, 0.29) is 5.75 Å². The number of fused-ring (bicyclic) bond motifs is 2. The van der Waals surface area contributed by atoms with E-state index in [0.717, 1.165) is 36.5 Å². The van der Waals surface area contributed by atoms with Crippen molar-refractivity contribution < 1.29 is 27.8 Å². The predicted octanol–water partition coefficient (Wildman–Crippen LogP) is 2.97. The minimum absolute atomic E-state index is 0.109. The maximum Gasteiger partial charge on any atom is 0.430 e. The fourth-order valence-electron chi connectivity index (χ4n) is 2.69. The second-order valence-electron chi connectivity index (χ2n) is 4.96. The first-order valence-corrected chi connectivity index (χ1v) is 6.20. The van der Waals surface area contributed by atoms with Gasteiger partial charge in [0, 0.05) is 5.56 Å². The molecule has 1 aliphatic heterocycles. The molecule has 1 unspecified atom stereocenters. The molecule has 0 radical (unpaired) electrons. The molecule has 0 amide bonds. The van der Waals surface area contributed by atoms with Gasteiger partial charge in [-0.1, -0.05) is 0 Å². The smallest absolute Gasteiger partial charge is 0.430 e. The van der Waals surface area contributed by atoms with Gasteiger partial charge in [0.2, 0.25) is 6.10 Å². The minimum atomic E-state index is -4.75. The van der Waals surface area contributed by atoms with Crippen LogP contribution in [0, 0.1) is 0 Å². The molecule has 1 heterocycles. The second-order valence-corrected chi connectivity index (χ2v) is 4.96. The molecule has 0 aromatic heterocycles. The number of aliphatic carboxylic acids is 1. The van der Waals surface area contributed by atoms with E-state index in [1.807, 2.05) is 0 Å². The molecule has 1 aromatic carbocycles. The predicted molar refractivity (Wildman–Crippen MR) is 64.6 cm³/mol. The Morgan fingerprint density at radius 3 is 2.50 bits per heavy atom. The van der Waals surface area contributed by atoms with Crippen molar-refractivity contribution in [3.8, 4) is 5.75 Å². The van der Waals surface area contributed by atoms with Gasteiger partial charge in [-0.3, -0.25) is 0 Å². The summed E-state index contributed by atoms with van der Waals surface area (Å²) in [4.78, 5) is 11.0. The molecule has 0 saturated carbocycles. The van der Waals surface area contributed by atoms with Crippen LogP contribution in [-0.2, 0) is 17.6 Å². The average Bonchev–Trinajstić information content (AvgIpc) is 2.80. The van der Waals surface area contributed by atoms with Crippen molar-refractivity contribution >= 4 is 12.0 Å². The Bertz CT molecular complexity index is 617. The summed E-state index contributed by atoms with van der Waals surface area (Å²) in [6, 6.07) is 3.33. The highest BCUT2D eigenvalue weighted by molar-refractivity contribution is 5.95. The first kappa shape index (κ1) is 13.0. The lowest BCUT2D eigenvalue weighted by Gasteiger charge is -2.27. The minimum Gasteiger partial charge on any atom is -0.478 e. The van der Waals surface area contributed by atoms with Crippen molar-refractivity contribution in [3.63, 3.8) is 0 Å². The van der Waals surface area contributed by atoms with Gasteiger partial charge in [0.15, 0.2) is 0 Å². The zero-order valence-electron chi connectivity index (χ0n) is 10.3. The van der Waals surface area contributed by atoms with Gasteiger partial charge in [-0.25, -0.2) is 4.79 Å². The van der Waals surface area contributed by atoms with Gasteiger partial charge in [0.1, 0.15) is 5.75 Å². The van der Waals surface area contributed by atoms with Crippen LogP contribution in [0.4, 0.5) is 13.2 Å². The van der Waals surface area contributed by atoms with Gasteiger partial charge in [-0.2, -0.15) is 13.2 Å². The topological polar surface area (TPSA) is 46.5 Å². The lowest BCUT2D eigenvalue weighted by Crippen LogP contribution is -2.40. The zero-order chi connectivity index (χ0) is 14.5. The number of halogens is 3. The molecular weight excluding hydrogens is 273 g/mol. The molecule has 106 valence electrons. The highest BCUT2D eigenvalue weighted by atomic mass is 19.4. The van der Waals surface area contributed by atoms with Crippen LogP contribution in [0.25, 0.3) is 6.08 Å². The third-order valence-electron chi connectivity index (χ3n) is 3.61. The zero-order valence-corrected chi connectivity index (χ0v) is 10.3. The molecule has 1 N–H and O–H groups in total. The van der Waals surface area contributed by atoms with Crippen LogP contribution in [0.15, 0.2) is 17.7 Å². The fraction of sp³-hybridized carbons (Fsp3) is 0.357. The Labute approximate surface area is 112 Å². The number of rotatable bonds is 1. The standard InChI is InChI=1S/C14H11F3O3/c15-14(16,17)12-10(13(18)19)5-9-4-7-2-1-3-8(7)6-11(9)20-12/h4-6,12H,1-3H2,(H,18,19). The van der Waals surface area contributed by atoms with Crippen molar-refractivity contribution in [1.29, 1.82) is 0 Å². The highest BCUT2D eigenvalue weighted by Gasteiger charge is 2.48. The van der Waals surface area contributed by atoms with Crippen molar-refractivity contribution in [2.24, 2.45) is 0 Å². The molecule has 0 bridgehead atoms. The quantitative estimate of drug-likeness (QED) is 0.862. The van der Waals surface area contributed by atoms with Crippen LogP contribution in [0.1, 0.15) is 23.1 Å². The Kier molecular flexibility index (Phi) is 2.77. The summed E-state index contributed by atoms with van der Waals surface area (Å²) in [5.41, 5.74) is 1.67. The number of carboxylic acid groups (broad SMARTS) is 1. The maximum atomic E-state index is 12.9. The number of ether oxygens (including phenoxy) is 1. The molecule has 2 aliphatic rings. The fourth-order valence-corrected chi connectivity index (χ4v) is 2.69.